The van der Waals surface area contributed by atoms with Crippen molar-refractivity contribution >= 4 is 16.7 Å². The highest BCUT2D eigenvalue weighted by atomic mass is 16.5. The van der Waals surface area contributed by atoms with Gasteiger partial charge in [-0.05, 0) is 48.9 Å². The van der Waals surface area contributed by atoms with Gasteiger partial charge in [0.05, 0.1) is 0 Å². The molecule has 140 valence electrons. The topological polar surface area (TPSA) is 54.7 Å². The Hall–Kier alpha value is -2.79. The van der Waals surface area contributed by atoms with Crippen molar-refractivity contribution < 1.29 is 13.9 Å². The molecule has 27 heavy (non-hydrogen) atoms. The van der Waals surface area contributed by atoms with E-state index in [1.165, 1.54) is 5.39 Å². The molecular formula is C22H24N2O3. The first-order chi connectivity index (χ1) is 13.1. The molecule has 1 aliphatic rings. The Labute approximate surface area is 158 Å². The van der Waals surface area contributed by atoms with Crippen molar-refractivity contribution in [1.29, 1.82) is 0 Å². The maximum atomic E-state index is 12.8. The Kier molecular flexibility index (Phi) is 4.86. The Bertz CT molecular complexity index is 949. The van der Waals surface area contributed by atoms with Crippen LogP contribution in [0, 0.1) is 0 Å². The lowest BCUT2D eigenvalue weighted by molar-refractivity contribution is 0.0567. The molecule has 3 aromatic rings. The summed E-state index contributed by atoms with van der Waals surface area (Å²) in [6, 6.07) is 18.1. The third-order valence-electron chi connectivity index (χ3n) is 5.27. The van der Waals surface area contributed by atoms with Crippen molar-refractivity contribution in [3.8, 4) is 5.75 Å². The molecule has 2 heterocycles. The number of ether oxygens (including phenoxy) is 1. The van der Waals surface area contributed by atoms with E-state index >= 15 is 0 Å². The van der Waals surface area contributed by atoms with E-state index in [2.05, 4.69) is 31.3 Å². The number of hydrogen-bond donors (Lipinski definition) is 1. The molecule has 1 N–H and O–H groups in total. The minimum Gasteiger partial charge on any atom is -0.486 e. The van der Waals surface area contributed by atoms with Crippen LogP contribution < -0.4 is 10.1 Å². The van der Waals surface area contributed by atoms with Gasteiger partial charge in [-0.25, -0.2) is 0 Å². The molecule has 0 saturated carbocycles. The molecule has 2 unspecified atom stereocenters. The zero-order chi connectivity index (χ0) is 18.8. The van der Waals surface area contributed by atoms with Gasteiger partial charge in [-0.3, -0.25) is 4.79 Å². The van der Waals surface area contributed by atoms with Crippen molar-refractivity contribution in [2.24, 2.45) is 0 Å². The number of hydrogen-bond acceptors (Lipinski definition) is 4. The molecule has 1 fully saturated rings. The van der Waals surface area contributed by atoms with Crippen LogP contribution in [-0.2, 0) is 6.61 Å². The lowest BCUT2D eigenvalue weighted by atomic mass is 10.1. The normalized spacial score (nSPS) is 20.0. The minimum atomic E-state index is -0.0622. The predicted octanol–water partition coefficient (Wildman–Crippen LogP) is 3.83. The van der Waals surface area contributed by atoms with Crippen molar-refractivity contribution in [2.45, 2.75) is 32.5 Å². The van der Waals surface area contributed by atoms with E-state index in [-0.39, 0.29) is 18.0 Å². The minimum absolute atomic E-state index is 0.0622. The molecule has 1 aromatic heterocycles. The molecule has 4 rings (SSSR count). The van der Waals surface area contributed by atoms with E-state index in [1.807, 2.05) is 41.3 Å². The summed E-state index contributed by atoms with van der Waals surface area (Å²) in [5.74, 6) is 1.73. The van der Waals surface area contributed by atoms with Gasteiger partial charge >= 0.3 is 0 Å². The van der Waals surface area contributed by atoms with Crippen molar-refractivity contribution in [1.82, 2.24) is 10.2 Å². The van der Waals surface area contributed by atoms with Gasteiger partial charge in [0.1, 0.15) is 18.1 Å². The fourth-order valence-electron chi connectivity index (χ4n) is 3.47. The van der Waals surface area contributed by atoms with E-state index in [0.29, 0.717) is 24.7 Å². The molecule has 2 atom stereocenters. The maximum Gasteiger partial charge on any atom is 0.289 e. The van der Waals surface area contributed by atoms with Crippen molar-refractivity contribution in [3.05, 3.63) is 66.1 Å². The predicted molar refractivity (Wildman–Crippen MR) is 105 cm³/mol. The zero-order valence-corrected chi connectivity index (χ0v) is 15.6. The SMILES string of the molecule is CC1NCCN(C(=O)c2ccc(COc3ccc4ccccc4c3)o2)C1C. The molecular weight excluding hydrogens is 340 g/mol. The first-order valence-electron chi connectivity index (χ1n) is 9.36. The van der Waals surface area contributed by atoms with Crippen LogP contribution >= 0.6 is 0 Å². The van der Waals surface area contributed by atoms with Gasteiger partial charge in [-0.1, -0.05) is 30.3 Å². The first-order valence-corrected chi connectivity index (χ1v) is 9.36. The number of benzene rings is 2. The maximum absolute atomic E-state index is 12.8. The number of amides is 1. The van der Waals surface area contributed by atoms with E-state index in [4.69, 9.17) is 9.15 Å². The lowest BCUT2D eigenvalue weighted by Crippen LogP contribution is -2.57. The fourth-order valence-corrected chi connectivity index (χ4v) is 3.47. The van der Waals surface area contributed by atoms with Gasteiger partial charge in [0.25, 0.3) is 5.91 Å². The second-order valence-corrected chi connectivity index (χ2v) is 7.05. The number of nitrogens with one attached hydrogen (secondary N) is 1. The standard InChI is InChI=1S/C22H24N2O3/c1-15-16(2)24(12-11-23-15)22(25)21-10-9-20(27-21)14-26-19-8-7-17-5-3-4-6-18(17)13-19/h3-10,13,15-16,23H,11-12,14H2,1-2H3. The first kappa shape index (κ1) is 17.6. The average molecular weight is 364 g/mol. The number of piperazine rings is 1. The monoisotopic (exact) mass is 364 g/mol. The van der Waals surface area contributed by atoms with Crippen molar-refractivity contribution in [2.75, 3.05) is 13.1 Å². The van der Waals surface area contributed by atoms with Crippen molar-refractivity contribution in [3.63, 3.8) is 0 Å². The molecule has 5 nitrogen and oxygen atoms in total. The zero-order valence-electron chi connectivity index (χ0n) is 15.6. The van der Waals surface area contributed by atoms with Crippen LogP contribution in [0.2, 0.25) is 0 Å². The summed E-state index contributed by atoms with van der Waals surface area (Å²) >= 11 is 0. The highest BCUT2D eigenvalue weighted by Crippen LogP contribution is 2.22. The summed E-state index contributed by atoms with van der Waals surface area (Å²) in [5.41, 5.74) is 0. The fraction of sp³-hybridized carbons (Fsp3) is 0.318. The van der Waals surface area contributed by atoms with Gasteiger partial charge in [0, 0.05) is 25.2 Å². The van der Waals surface area contributed by atoms with Crippen LogP contribution in [0.4, 0.5) is 0 Å². The van der Waals surface area contributed by atoms with Gasteiger partial charge in [0.2, 0.25) is 0 Å². The van der Waals surface area contributed by atoms with Crippen LogP contribution in [0.25, 0.3) is 10.8 Å². The molecule has 0 bridgehead atoms. The summed E-state index contributed by atoms with van der Waals surface area (Å²) in [4.78, 5) is 14.6. The largest absolute Gasteiger partial charge is 0.486 e. The van der Waals surface area contributed by atoms with Crippen LogP contribution in [0.1, 0.15) is 30.2 Å². The Morgan fingerprint density at radius 2 is 1.96 bits per heavy atom. The van der Waals surface area contributed by atoms with Gasteiger partial charge < -0.3 is 19.4 Å². The van der Waals surface area contributed by atoms with Gasteiger partial charge in [0.15, 0.2) is 5.76 Å². The third kappa shape index (κ3) is 3.69. The molecule has 1 amide bonds. The highest BCUT2D eigenvalue weighted by Gasteiger charge is 2.30. The molecule has 0 aliphatic carbocycles. The summed E-state index contributed by atoms with van der Waals surface area (Å²) in [6.07, 6.45) is 0. The smallest absolute Gasteiger partial charge is 0.289 e. The second kappa shape index (κ2) is 7.45. The lowest BCUT2D eigenvalue weighted by Gasteiger charge is -2.38. The van der Waals surface area contributed by atoms with E-state index < -0.39 is 0 Å². The van der Waals surface area contributed by atoms with E-state index in [0.717, 1.165) is 17.7 Å². The summed E-state index contributed by atoms with van der Waals surface area (Å²) in [7, 11) is 0. The van der Waals surface area contributed by atoms with Gasteiger partial charge in [-0.15, -0.1) is 0 Å². The molecule has 5 heteroatoms. The quantitative estimate of drug-likeness (QED) is 0.764. The Balaban J connectivity index is 1.42. The Morgan fingerprint density at radius 1 is 1.15 bits per heavy atom. The summed E-state index contributed by atoms with van der Waals surface area (Å²) in [5, 5.41) is 5.69. The number of carbonyl (C=O) groups is 1. The van der Waals surface area contributed by atoms with E-state index in [9.17, 15) is 4.79 Å². The van der Waals surface area contributed by atoms with Gasteiger partial charge in [-0.2, -0.15) is 0 Å². The number of nitrogens with zero attached hydrogens (tertiary/aromatic N) is 1. The molecule has 0 radical (unpaired) electrons. The van der Waals surface area contributed by atoms with Crippen LogP contribution in [0.5, 0.6) is 5.75 Å². The highest BCUT2D eigenvalue weighted by molar-refractivity contribution is 5.92. The second-order valence-electron chi connectivity index (χ2n) is 7.05. The summed E-state index contributed by atoms with van der Waals surface area (Å²) in [6.45, 7) is 5.93. The molecule has 1 saturated heterocycles. The van der Waals surface area contributed by atoms with Crippen LogP contribution in [0.3, 0.4) is 0 Å². The van der Waals surface area contributed by atoms with E-state index in [1.54, 1.807) is 6.07 Å². The number of fused-ring (bicyclic) bond motifs is 1. The summed E-state index contributed by atoms with van der Waals surface area (Å²) < 4.78 is 11.6. The average Bonchev–Trinajstić information content (AvgIpc) is 3.17. The number of carbonyl (C=O) groups excluding carboxylic acids is 1. The van der Waals surface area contributed by atoms with Crippen LogP contribution in [0.15, 0.2) is 59.0 Å². The Morgan fingerprint density at radius 3 is 2.81 bits per heavy atom. The molecule has 2 aromatic carbocycles. The molecule has 1 aliphatic heterocycles. The number of furan rings is 1. The molecule has 0 spiro atoms. The number of rotatable bonds is 4. The third-order valence-corrected chi connectivity index (χ3v) is 5.27. The van der Waals surface area contributed by atoms with Crippen LogP contribution in [-0.4, -0.2) is 36.0 Å².